The summed E-state index contributed by atoms with van der Waals surface area (Å²) < 4.78 is 10.5. The van der Waals surface area contributed by atoms with Gasteiger partial charge in [0, 0.05) is 34.8 Å². The Bertz CT molecular complexity index is 516. The Morgan fingerprint density at radius 2 is 2.36 bits per heavy atom. The Balaban J connectivity index is 2.27. The first-order chi connectivity index (χ1) is 10.8. The maximum absolute atomic E-state index is 9.10. The predicted octanol–water partition coefficient (Wildman–Crippen LogP) is 3.60. The van der Waals surface area contributed by atoms with Crippen molar-refractivity contribution in [3.8, 4) is 0 Å². The maximum atomic E-state index is 9.10. The van der Waals surface area contributed by atoms with Crippen molar-refractivity contribution < 1.29 is 14.6 Å². The summed E-state index contributed by atoms with van der Waals surface area (Å²) >= 11 is 1.63. The number of aliphatic hydroxyl groups excluding tert-OH is 1. The number of ether oxygens (including phenoxy) is 2. The zero-order valence-corrected chi connectivity index (χ0v) is 13.7. The lowest BCUT2D eigenvalue weighted by Crippen LogP contribution is -2.38. The molecule has 1 aliphatic rings. The Labute approximate surface area is 134 Å². The molecule has 0 aromatic carbocycles. The van der Waals surface area contributed by atoms with Crippen LogP contribution in [0.15, 0.2) is 17.2 Å². The lowest BCUT2D eigenvalue weighted by Gasteiger charge is -2.40. The summed E-state index contributed by atoms with van der Waals surface area (Å²) in [6.45, 7) is 0.915. The van der Waals surface area contributed by atoms with E-state index in [1.807, 2.05) is 12.1 Å². The summed E-state index contributed by atoms with van der Waals surface area (Å²) in [6.07, 6.45) is 4.64. The van der Waals surface area contributed by atoms with E-state index in [0.29, 0.717) is 13.0 Å². The maximum Gasteiger partial charge on any atom is 0.146 e. The number of hydrogen-bond acceptors (Lipinski definition) is 5. The molecule has 1 aromatic heterocycles. The molecule has 1 aliphatic carbocycles. The number of thiophene rings is 1. The van der Waals surface area contributed by atoms with Crippen molar-refractivity contribution in [1.29, 1.82) is 0 Å². The molecule has 2 unspecified atom stereocenters. The standard InChI is InChI=1S/C15H23N3O3S/c1-20-11-21-10-12-4-2-3-8-15(12,17-18-16)14-6-5-13(22-14)7-9-19/h5-6,12,19H,2-4,7-11H2,1H3. The van der Waals surface area contributed by atoms with Crippen LogP contribution in [0.1, 0.15) is 35.4 Å². The van der Waals surface area contributed by atoms with E-state index in [2.05, 4.69) is 10.0 Å². The van der Waals surface area contributed by atoms with Crippen LogP contribution < -0.4 is 0 Å². The Hall–Kier alpha value is -1.11. The zero-order chi connectivity index (χ0) is 15.8. The van der Waals surface area contributed by atoms with E-state index < -0.39 is 5.54 Å². The van der Waals surface area contributed by atoms with Gasteiger partial charge in [0.2, 0.25) is 0 Å². The molecule has 0 amide bonds. The molecule has 1 saturated carbocycles. The van der Waals surface area contributed by atoms with E-state index in [9.17, 15) is 0 Å². The zero-order valence-electron chi connectivity index (χ0n) is 12.9. The van der Waals surface area contributed by atoms with Crippen LogP contribution in [0.25, 0.3) is 10.4 Å². The summed E-state index contributed by atoms with van der Waals surface area (Å²) in [5, 5.41) is 13.3. The highest BCUT2D eigenvalue weighted by molar-refractivity contribution is 7.12. The van der Waals surface area contributed by atoms with Crippen molar-refractivity contribution >= 4 is 11.3 Å². The van der Waals surface area contributed by atoms with Crippen LogP contribution in [0.5, 0.6) is 0 Å². The molecule has 1 aromatic rings. The molecule has 6 nitrogen and oxygen atoms in total. The quantitative estimate of drug-likeness (QED) is 0.260. The fraction of sp³-hybridized carbons (Fsp3) is 0.733. The topological polar surface area (TPSA) is 87.5 Å². The normalized spacial score (nSPS) is 24.9. The molecule has 22 heavy (non-hydrogen) atoms. The number of nitrogens with zero attached hydrogens (tertiary/aromatic N) is 3. The summed E-state index contributed by atoms with van der Waals surface area (Å²) in [6, 6.07) is 4.06. The number of azide groups is 1. The molecule has 2 atom stereocenters. The van der Waals surface area contributed by atoms with Crippen LogP contribution >= 0.6 is 11.3 Å². The van der Waals surface area contributed by atoms with Crippen molar-refractivity contribution in [3.05, 3.63) is 32.3 Å². The van der Waals surface area contributed by atoms with Gasteiger partial charge in [0.15, 0.2) is 0 Å². The monoisotopic (exact) mass is 325 g/mol. The van der Waals surface area contributed by atoms with E-state index in [1.165, 1.54) is 0 Å². The van der Waals surface area contributed by atoms with Gasteiger partial charge in [-0.05, 0) is 36.4 Å². The second-order valence-corrected chi connectivity index (χ2v) is 6.74. The van der Waals surface area contributed by atoms with Gasteiger partial charge in [-0.2, -0.15) is 0 Å². The van der Waals surface area contributed by atoms with Crippen LogP contribution in [0.2, 0.25) is 0 Å². The van der Waals surface area contributed by atoms with Gasteiger partial charge >= 0.3 is 0 Å². The van der Waals surface area contributed by atoms with E-state index in [1.54, 1.807) is 18.4 Å². The Morgan fingerprint density at radius 3 is 3.09 bits per heavy atom. The first-order valence-corrected chi connectivity index (χ1v) is 8.41. The van der Waals surface area contributed by atoms with Crippen LogP contribution in [-0.2, 0) is 21.4 Å². The minimum atomic E-state index is -0.529. The molecule has 2 rings (SSSR count). The summed E-state index contributed by atoms with van der Waals surface area (Å²) in [4.78, 5) is 5.34. The predicted molar refractivity (Wildman–Crippen MR) is 85.7 cm³/mol. The summed E-state index contributed by atoms with van der Waals surface area (Å²) in [5.74, 6) is 0.160. The van der Waals surface area contributed by atoms with Crippen molar-refractivity contribution in [2.45, 2.75) is 37.6 Å². The number of aliphatic hydroxyl groups is 1. The SMILES string of the molecule is COCOCC1CCCCC1(N=[N+]=[N-])c1ccc(CCO)s1. The van der Waals surface area contributed by atoms with Gasteiger partial charge in [-0.1, -0.05) is 18.0 Å². The molecule has 0 bridgehead atoms. The third-order valence-corrected chi connectivity index (χ3v) is 5.54. The average Bonchev–Trinajstić information content (AvgIpc) is 2.99. The molecule has 1 fully saturated rings. The second kappa shape index (κ2) is 8.50. The lowest BCUT2D eigenvalue weighted by molar-refractivity contribution is -0.0584. The van der Waals surface area contributed by atoms with Gasteiger partial charge < -0.3 is 14.6 Å². The molecule has 122 valence electrons. The first-order valence-electron chi connectivity index (χ1n) is 7.60. The van der Waals surface area contributed by atoms with Gasteiger partial charge in [0.25, 0.3) is 0 Å². The molecular weight excluding hydrogens is 302 g/mol. The first kappa shape index (κ1) is 17.2. The number of rotatable bonds is 8. The second-order valence-electron chi connectivity index (χ2n) is 5.57. The van der Waals surface area contributed by atoms with Gasteiger partial charge in [0.1, 0.15) is 6.79 Å². The number of methoxy groups -OCH3 is 1. The van der Waals surface area contributed by atoms with Crippen molar-refractivity contribution in [3.63, 3.8) is 0 Å². The fourth-order valence-electron chi connectivity index (χ4n) is 3.16. The molecule has 7 heteroatoms. The Morgan fingerprint density at radius 1 is 1.50 bits per heavy atom. The highest BCUT2D eigenvalue weighted by Gasteiger charge is 2.42. The van der Waals surface area contributed by atoms with Gasteiger partial charge in [-0.15, -0.1) is 11.3 Å². The molecule has 0 spiro atoms. The largest absolute Gasteiger partial charge is 0.396 e. The van der Waals surface area contributed by atoms with Crippen LogP contribution in [-0.4, -0.2) is 32.2 Å². The van der Waals surface area contributed by atoms with Gasteiger partial charge in [-0.25, -0.2) is 0 Å². The van der Waals surface area contributed by atoms with Gasteiger partial charge in [-0.3, -0.25) is 0 Å². The molecule has 1 heterocycles. The molecular formula is C15H23N3O3S. The highest BCUT2D eigenvalue weighted by Crippen LogP contribution is 2.47. The van der Waals surface area contributed by atoms with Crippen molar-refractivity contribution in [2.75, 3.05) is 27.1 Å². The third-order valence-electron chi connectivity index (χ3n) is 4.23. The van der Waals surface area contributed by atoms with Crippen LogP contribution in [0.3, 0.4) is 0 Å². The van der Waals surface area contributed by atoms with Crippen LogP contribution in [0.4, 0.5) is 0 Å². The number of hydrogen-bond donors (Lipinski definition) is 1. The highest BCUT2D eigenvalue weighted by atomic mass is 32.1. The molecule has 0 saturated heterocycles. The van der Waals surface area contributed by atoms with E-state index >= 15 is 0 Å². The van der Waals surface area contributed by atoms with E-state index in [4.69, 9.17) is 20.1 Å². The minimum Gasteiger partial charge on any atom is -0.396 e. The summed E-state index contributed by atoms with van der Waals surface area (Å²) in [5.41, 5.74) is 8.57. The van der Waals surface area contributed by atoms with Gasteiger partial charge in [0.05, 0.1) is 12.1 Å². The molecule has 0 aliphatic heterocycles. The van der Waals surface area contributed by atoms with Crippen molar-refractivity contribution in [2.24, 2.45) is 11.0 Å². The van der Waals surface area contributed by atoms with E-state index in [-0.39, 0.29) is 19.3 Å². The van der Waals surface area contributed by atoms with Crippen molar-refractivity contribution in [1.82, 2.24) is 0 Å². The average molecular weight is 325 g/mol. The molecule has 0 radical (unpaired) electrons. The molecule has 1 N–H and O–H groups in total. The van der Waals surface area contributed by atoms with E-state index in [0.717, 1.165) is 35.4 Å². The van der Waals surface area contributed by atoms with Crippen LogP contribution in [0, 0.1) is 5.92 Å². The Kier molecular flexibility index (Phi) is 6.67. The smallest absolute Gasteiger partial charge is 0.146 e. The summed E-state index contributed by atoms with van der Waals surface area (Å²) in [7, 11) is 1.60. The lowest BCUT2D eigenvalue weighted by atomic mass is 9.72. The minimum absolute atomic E-state index is 0.134. The fourth-order valence-corrected chi connectivity index (χ4v) is 4.40. The third kappa shape index (κ3) is 3.80.